The van der Waals surface area contributed by atoms with Crippen LogP contribution in [-0.2, 0) is 0 Å². The van der Waals surface area contributed by atoms with Crippen molar-refractivity contribution in [3.8, 4) is 0 Å². The third kappa shape index (κ3) is 1.62. The highest BCUT2D eigenvalue weighted by Gasteiger charge is 2.12. The molecule has 0 saturated heterocycles. The van der Waals surface area contributed by atoms with E-state index in [1.54, 1.807) is 18.3 Å². The Bertz CT molecular complexity index is 392. The molecule has 2 aromatic rings. The molecule has 0 aliphatic carbocycles. The van der Waals surface area contributed by atoms with Gasteiger partial charge in [-0.25, -0.2) is 0 Å². The number of nitrogens with two attached hydrogens (primary N) is 1. The number of hydrogen-bond acceptors (Lipinski definition) is 4. The molecular formula is C10H12N2O2. The molecule has 0 amide bonds. The van der Waals surface area contributed by atoms with Gasteiger partial charge in [0.05, 0.1) is 0 Å². The van der Waals surface area contributed by atoms with Crippen molar-refractivity contribution in [2.24, 2.45) is 5.73 Å². The Morgan fingerprint density at radius 1 is 1.57 bits per heavy atom. The van der Waals surface area contributed by atoms with Crippen LogP contribution in [0.25, 0.3) is 11.1 Å². The molecule has 0 spiro atoms. The predicted octanol–water partition coefficient (Wildman–Crippen LogP) is 1.21. The van der Waals surface area contributed by atoms with Crippen molar-refractivity contribution in [1.29, 1.82) is 0 Å². The third-order valence-electron chi connectivity index (χ3n) is 2.08. The van der Waals surface area contributed by atoms with Crippen LogP contribution >= 0.6 is 0 Å². The molecule has 1 unspecified atom stereocenters. The van der Waals surface area contributed by atoms with Crippen LogP contribution < -0.4 is 5.73 Å². The van der Waals surface area contributed by atoms with E-state index in [0.717, 1.165) is 5.52 Å². The Labute approximate surface area is 81.4 Å². The fourth-order valence-electron chi connectivity index (χ4n) is 1.35. The van der Waals surface area contributed by atoms with Gasteiger partial charge in [-0.05, 0) is 25.1 Å². The summed E-state index contributed by atoms with van der Waals surface area (Å²) >= 11 is 0. The molecule has 0 fully saturated rings. The van der Waals surface area contributed by atoms with Crippen molar-refractivity contribution < 1.29 is 9.52 Å². The van der Waals surface area contributed by atoms with Gasteiger partial charge in [0.15, 0.2) is 5.58 Å². The summed E-state index contributed by atoms with van der Waals surface area (Å²) in [6.07, 6.45) is 1.56. The Kier molecular flexibility index (Phi) is 2.47. The number of aromatic nitrogens is 1. The van der Waals surface area contributed by atoms with Crippen molar-refractivity contribution in [1.82, 2.24) is 4.98 Å². The second-order valence-corrected chi connectivity index (χ2v) is 3.13. The standard InChI is InChI=1S/C10H12N2O2/c11-4-3-8(13)10-6-7-9(14-10)2-1-5-12-7/h1-2,5-6,8,13H,3-4,11H2. The van der Waals surface area contributed by atoms with Gasteiger partial charge in [-0.2, -0.15) is 0 Å². The number of nitrogens with zero attached hydrogens (tertiary/aromatic N) is 1. The van der Waals surface area contributed by atoms with Crippen molar-refractivity contribution in [3.05, 3.63) is 30.2 Å². The van der Waals surface area contributed by atoms with E-state index in [4.69, 9.17) is 10.2 Å². The molecule has 0 aliphatic rings. The molecule has 2 aromatic heterocycles. The number of rotatable bonds is 3. The van der Waals surface area contributed by atoms with E-state index in [9.17, 15) is 5.11 Å². The van der Waals surface area contributed by atoms with Gasteiger partial charge in [-0.1, -0.05) is 0 Å². The fourth-order valence-corrected chi connectivity index (χ4v) is 1.35. The molecule has 2 heterocycles. The number of aliphatic hydroxyl groups excluding tert-OH is 1. The maximum atomic E-state index is 9.62. The molecule has 0 aliphatic heterocycles. The lowest BCUT2D eigenvalue weighted by Gasteiger charge is -2.03. The van der Waals surface area contributed by atoms with Gasteiger partial charge < -0.3 is 15.3 Å². The Balaban J connectivity index is 2.35. The largest absolute Gasteiger partial charge is 0.457 e. The highest BCUT2D eigenvalue weighted by atomic mass is 16.4. The first-order valence-corrected chi connectivity index (χ1v) is 4.54. The van der Waals surface area contributed by atoms with Gasteiger partial charge in [0.25, 0.3) is 0 Å². The Morgan fingerprint density at radius 3 is 3.14 bits per heavy atom. The first-order chi connectivity index (χ1) is 6.81. The first kappa shape index (κ1) is 9.18. The molecule has 1 atom stereocenters. The van der Waals surface area contributed by atoms with E-state index in [1.807, 2.05) is 6.07 Å². The minimum atomic E-state index is -0.630. The summed E-state index contributed by atoms with van der Waals surface area (Å²) in [6.45, 7) is 0.436. The molecular weight excluding hydrogens is 180 g/mol. The average Bonchev–Trinajstić information content (AvgIpc) is 2.61. The van der Waals surface area contributed by atoms with Crippen molar-refractivity contribution in [2.45, 2.75) is 12.5 Å². The highest BCUT2D eigenvalue weighted by Crippen LogP contribution is 2.23. The first-order valence-electron chi connectivity index (χ1n) is 4.54. The van der Waals surface area contributed by atoms with E-state index < -0.39 is 6.10 Å². The van der Waals surface area contributed by atoms with Crippen LogP contribution in [0.3, 0.4) is 0 Å². The molecule has 74 valence electrons. The normalized spacial score (nSPS) is 13.3. The SMILES string of the molecule is NCCC(O)c1cc2ncccc2o1. The zero-order valence-electron chi connectivity index (χ0n) is 7.68. The van der Waals surface area contributed by atoms with Crippen molar-refractivity contribution in [3.63, 3.8) is 0 Å². The Morgan fingerprint density at radius 2 is 2.43 bits per heavy atom. The maximum absolute atomic E-state index is 9.62. The molecule has 3 N–H and O–H groups in total. The maximum Gasteiger partial charge on any atom is 0.152 e. The molecule has 4 nitrogen and oxygen atoms in total. The van der Waals surface area contributed by atoms with E-state index in [-0.39, 0.29) is 0 Å². The molecule has 4 heteroatoms. The van der Waals surface area contributed by atoms with Gasteiger partial charge in [-0.3, -0.25) is 4.98 Å². The van der Waals surface area contributed by atoms with E-state index in [1.165, 1.54) is 0 Å². The summed E-state index contributed by atoms with van der Waals surface area (Å²) in [5.74, 6) is 0.532. The van der Waals surface area contributed by atoms with E-state index in [2.05, 4.69) is 4.98 Å². The number of pyridine rings is 1. The van der Waals surface area contributed by atoms with Crippen LogP contribution in [0.15, 0.2) is 28.8 Å². The summed E-state index contributed by atoms with van der Waals surface area (Å²) in [4.78, 5) is 4.11. The summed E-state index contributed by atoms with van der Waals surface area (Å²) in [7, 11) is 0. The summed E-state index contributed by atoms with van der Waals surface area (Å²) in [5, 5.41) is 9.62. The second-order valence-electron chi connectivity index (χ2n) is 3.13. The molecule has 0 radical (unpaired) electrons. The monoisotopic (exact) mass is 192 g/mol. The lowest BCUT2D eigenvalue weighted by molar-refractivity contribution is 0.145. The topological polar surface area (TPSA) is 72.3 Å². The summed E-state index contributed by atoms with van der Waals surface area (Å²) < 4.78 is 5.41. The number of hydrogen-bond donors (Lipinski definition) is 2. The summed E-state index contributed by atoms with van der Waals surface area (Å²) in [6, 6.07) is 5.36. The van der Waals surface area contributed by atoms with E-state index in [0.29, 0.717) is 24.3 Å². The van der Waals surface area contributed by atoms with Gasteiger partial charge in [0, 0.05) is 12.3 Å². The molecule has 2 rings (SSSR count). The number of fused-ring (bicyclic) bond motifs is 1. The van der Waals surface area contributed by atoms with Crippen molar-refractivity contribution >= 4 is 11.1 Å². The van der Waals surface area contributed by atoms with Crippen LogP contribution in [0.5, 0.6) is 0 Å². The number of furan rings is 1. The zero-order chi connectivity index (χ0) is 9.97. The minimum absolute atomic E-state index is 0.436. The Hall–Kier alpha value is -1.39. The van der Waals surface area contributed by atoms with Crippen LogP contribution in [0.4, 0.5) is 0 Å². The molecule has 0 bridgehead atoms. The van der Waals surface area contributed by atoms with E-state index >= 15 is 0 Å². The molecule has 14 heavy (non-hydrogen) atoms. The second kappa shape index (κ2) is 3.77. The quantitative estimate of drug-likeness (QED) is 0.766. The van der Waals surface area contributed by atoms with Crippen LogP contribution in [0, 0.1) is 0 Å². The van der Waals surface area contributed by atoms with Gasteiger partial charge in [0.2, 0.25) is 0 Å². The fraction of sp³-hybridized carbons (Fsp3) is 0.300. The van der Waals surface area contributed by atoms with Crippen LogP contribution in [-0.4, -0.2) is 16.6 Å². The third-order valence-corrected chi connectivity index (χ3v) is 2.08. The minimum Gasteiger partial charge on any atom is -0.457 e. The molecule has 0 aromatic carbocycles. The summed E-state index contributed by atoms with van der Waals surface area (Å²) in [5.41, 5.74) is 6.80. The highest BCUT2D eigenvalue weighted by molar-refractivity contribution is 5.72. The number of aliphatic hydroxyl groups is 1. The predicted molar refractivity (Wildman–Crippen MR) is 52.6 cm³/mol. The lowest BCUT2D eigenvalue weighted by atomic mass is 10.2. The lowest BCUT2D eigenvalue weighted by Crippen LogP contribution is -2.05. The average molecular weight is 192 g/mol. The molecule has 0 saturated carbocycles. The zero-order valence-corrected chi connectivity index (χ0v) is 7.68. The van der Waals surface area contributed by atoms with Crippen LogP contribution in [0.1, 0.15) is 18.3 Å². The smallest absolute Gasteiger partial charge is 0.152 e. The van der Waals surface area contributed by atoms with Gasteiger partial charge in [-0.15, -0.1) is 0 Å². The van der Waals surface area contributed by atoms with Crippen LogP contribution in [0.2, 0.25) is 0 Å². The van der Waals surface area contributed by atoms with Crippen molar-refractivity contribution in [2.75, 3.05) is 6.54 Å². The van der Waals surface area contributed by atoms with Gasteiger partial charge in [0.1, 0.15) is 17.4 Å². The van der Waals surface area contributed by atoms with Gasteiger partial charge >= 0.3 is 0 Å².